The van der Waals surface area contributed by atoms with Crippen LogP contribution in [-0.2, 0) is 18.3 Å². The number of thioether (sulfide) groups is 1. The lowest BCUT2D eigenvalue weighted by Crippen LogP contribution is -2.32. The van der Waals surface area contributed by atoms with Gasteiger partial charge < -0.3 is 25.0 Å². The highest BCUT2D eigenvalue weighted by Crippen LogP contribution is 2.20. The Morgan fingerprint density at radius 2 is 1.82 bits per heavy atom. The molecule has 0 saturated heterocycles. The monoisotopic (exact) mass is 469 g/mol. The first-order chi connectivity index (χ1) is 15.9. The molecule has 3 N–H and O–H groups in total. The number of amides is 2. The number of rotatable bonds is 10. The lowest BCUT2D eigenvalue weighted by atomic mass is 10.1. The minimum absolute atomic E-state index is 0.142. The van der Waals surface area contributed by atoms with Gasteiger partial charge in [0.1, 0.15) is 11.8 Å². The van der Waals surface area contributed by atoms with Crippen LogP contribution in [0.3, 0.4) is 0 Å². The molecule has 9 nitrogen and oxygen atoms in total. The Bertz CT molecular complexity index is 1080. The molecule has 0 bridgehead atoms. The molecule has 0 fully saturated rings. The molecule has 0 unspecified atom stereocenters. The highest BCUT2D eigenvalue weighted by atomic mass is 32.2. The van der Waals surface area contributed by atoms with Crippen molar-refractivity contribution >= 4 is 29.3 Å². The highest BCUT2D eigenvalue weighted by Gasteiger charge is 2.22. The Morgan fingerprint density at radius 1 is 1.12 bits per heavy atom. The van der Waals surface area contributed by atoms with E-state index in [-0.39, 0.29) is 24.2 Å². The molecule has 1 aromatic heterocycles. The first kappa shape index (κ1) is 24.3. The van der Waals surface area contributed by atoms with Crippen molar-refractivity contribution in [3.05, 3.63) is 65.5 Å². The van der Waals surface area contributed by atoms with E-state index in [1.807, 2.05) is 24.3 Å². The maximum absolute atomic E-state index is 12.6. The van der Waals surface area contributed by atoms with Gasteiger partial charge in [-0.15, -0.1) is 10.2 Å². The highest BCUT2D eigenvalue weighted by molar-refractivity contribution is 7.99. The third-order valence-corrected chi connectivity index (χ3v) is 6.02. The second-order valence-electron chi connectivity index (χ2n) is 7.22. The van der Waals surface area contributed by atoms with E-state index in [0.717, 1.165) is 12.1 Å². The average Bonchev–Trinajstić information content (AvgIpc) is 3.21. The van der Waals surface area contributed by atoms with E-state index >= 15 is 0 Å². The van der Waals surface area contributed by atoms with Crippen LogP contribution >= 0.6 is 11.8 Å². The molecule has 3 rings (SSSR count). The van der Waals surface area contributed by atoms with Gasteiger partial charge in [-0.25, -0.2) is 0 Å². The third-order valence-electron chi connectivity index (χ3n) is 5.00. The van der Waals surface area contributed by atoms with Gasteiger partial charge in [-0.1, -0.05) is 30.8 Å². The SMILES string of the molecule is CCc1ccc(NC(=O)CSc2nnc([C@@H](CO)NC(=O)c3ccc(OC)cc3)n2C)cc1. The summed E-state index contributed by atoms with van der Waals surface area (Å²) in [6, 6.07) is 13.6. The zero-order valence-corrected chi connectivity index (χ0v) is 19.6. The standard InChI is InChI=1S/C23H27N5O4S/c1-4-15-5-9-17(10-6-15)24-20(30)14-33-23-27-26-21(28(23)2)19(13-29)25-22(31)16-7-11-18(32-3)12-8-16/h5-12,19,29H,4,13-14H2,1-3H3,(H,24,30)(H,25,31)/t19-/m1/s1. The predicted octanol–water partition coefficient (Wildman–Crippen LogP) is 2.58. The fraction of sp³-hybridized carbons (Fsp3) is 0.304. The van der Waals surface area contributed by atoms with Crippen LogP contribution in [-0.4, -0.2) is 51.2 Å². The molecule has 1 atom stereocenters. The topological polar surface area (TPSA) is 118 Å². The number of carbonyl (C=O) groups excluding carboxylic acids is 2. The minimum atomic E-state index is -0.752. The summed E-state index contributed by atoms with van der Waals surface area (Å²) >= 11 is 1.22. The molecule has 174 valence electrons. The van der Waals surface area contributed by atoms with Crippen LogP contribution in [0.4, 0.5) is 5.69 Å². The summed E-state index contributed by atoms with van der Waals surface area (Å²) in [6.45, 7) is 1.72. The van der Waals surface area contributed by atoms with Gasteiger partial charge in [-0.3, -0.25) is 9.59 Å². The molecule has 0 spiro atoms. The fourth-order valence-electron chi connectivity index (χ4n) is 3.08. The number of benzene rings is 2. The molecule has 3 aromatic rings. The molecule has 0 aliphatic rings. The van der Waals surface area contributed by atoms with Crippen molar-refractivity contribution in [2.24, 2.45) is 7.05 Å². The van der Waals surface area contributed by atoms with E-state index in [2.05, 4.69) is 27.8 Å². The van der Waals surface area contributed by atoms with Crippen LogP contribution in [0, 0.1) is 0 Å². The Balaban J connectivity index is 1.59. The Kier molecular flexibility index (Phi) is 8.45. The zero-order chi connectivity index (χ0) is 23.8. The van der Waals surface area contributed by atoms with Gasteiger partial charge in [0.15, 0.2) is 11.0 Å². The van der Waals surface area contributed by atoms with Crippen molar-refractivity contribution < 1.29 is 19.4 Å². The van der Waals surface area contributed by atoms with Crippen LogP contribution in [0.25, 0.3) is 0 Å². The number of aromatic nitrogens is 3. The van der Waals surface area contributed by atoms with Crippen molar-refractivity contribution in [3.63, 3.8) is 0 Å². The average molecular weight is 470 g/mol. The summed E-state index contributed by atoms with van der Waals surface area (Å²) < 4.78 is 6.75. The number of aryl methyl sites for hydroxylation is 1. The predicted molar refractivity (Wildman–Crippen MR) is 126 cm³/mol. The van der Waals surface area contributed by atoms with Gasteiger partial charge in [0.2, 0.25) is 5.91 Å². The van der Waals surface area contributed by atoms with E-state index in [9.17, 15) is 14.7 Å². The summed E-state index contributed by atoms with van der Waals surface area (Å²) in [5, 5.41) is 24.1. The van der Waals surface area contributed by atoms with E-state index in [1.54, 1.807) is 43.0 Å². The van der Waals surface area contributed by atoms with Gasteiger partial charge in [0.05, 0.1) is 19.5 Å². The quantitative estimate of drug-likeness (QED) is 0.391. The second kappa shape index (κ2) is 11.5. The van der Waals surface area contributed by atoms with Crippen LogP contribution in [0.5, 0.6) is 5.75 Å². The number of aliphatic hydroxyl groups excluding tert-OH is 1. The Morgan fingerprint density at radius 3 is 2.42 bits per heavy atom. The van der Waals surface area contributed by atoms with Gasteiger partial charge in [-0.2, -0.15) is 0 Å². The molecule has 0 aliphatic heterocycles. The Hall–Kier alpha value is -3.37. The molecule has 0 aliphatic carbocycles. The summed E-state index contributed by atoms with van der Waals surface area (Å²) in [4.78, 5) is 24.9. The number of methoxy groups -OCH3 is 1. The maximum atomic E-state index is 12.6. The van der Waals surface area contributed by atoms with Crippen molar-refractivity contribution in [2.75, 3.05) is 24.8 Å². The summed E-state index contributed by atoms with van der Waals surface area (Å²) in [5.74, 6) is 0.645. The maximum Gasteiger partial charge on any atom is 0.251 e. The summed E-state index contributed by atoms with van der Waals surface area (Å²) in [7, 11) is 3.27. The molecule has 1 heterocycles. The van der Waals surface area contributed by atoms with Crippen LogP contribution in [0.1, 0.15) is 34.7 Å². The summed E-state index contributed by atoms with van der Waals surface area (Å²) in [6.07, 6.45) is 0.938. The number of anilines is 1. The van der Waals surface area contributed by atoms with E-state index < -0.39 is 6.04 Å². The molecule has 2 aromatic carbocycles. The number of nitrogens with zero attached hydrogens (tertiary/aromatic N) is 3. The first-order valence-electron chi connectivity index (χ1n) is 10.4. The van der Waals surface area contributed by atoms with Crippen LogP contribution < -0.4 is 15.4 Å². The van der Waals surface area contributed by atoms with Gasteiger partial charge in [0, 0.05) is 18.3 Å². The number of hydrogen-bond donors (Lipinski definition) is 3. The van der Waals surface area contributed by atoms with Crippen LogP contribution in [0.15, 0.2) is 53.7 Å². The largest absolute Gasteiger partial charge is 0.497 e. The van der Waals surface area contributed by atoms with Gasteiger partial charge in [-0.05, 0) is 48.4 Å². The van der Waals surface area contributed by atoms with Crippen molar-refractivity contribution in [1.29, 1.82) is 0 Å². The molecular weight excluding hydrogens is 442 g/mol. The molecular formula is C23H27N5O4S. The number of ether oxygens (including phenoxy) is 1. The molecule has 10 heteroatoms. The van der Waals surface area contributed by atoms with Crippen molar-refractivity contribution in [2.45, 2.75) is 24.5 Å². The first-order valence-corrected chi connectivity index (χ1v) is 11.4. The molecule has 0 saturated carbocycles. The van der Waals surface area contributed by atoms with E-state index in [0.29, 0.717) is 22.3 Å². The number of hydrogen-bond acceptors (Lipinski definition) is 7. The number of nitrogens with one attached hydrogen (secondary N) is 2. The van der Waals surface area contributed by atoms with E-state index in [1.165, 1.54) is 17.3 Å². The summed E-state index contributed by atoms with van der Waals surface area (Å²) in [5.41, 5.74) is 2.36. The number of aliphatic hydroxyl groups is 1. The molecule has 33 heavy (non-hydrogen) atoms. The van der Waals surface area contributed by atoms with Gasteiger partial charge >= 0.3 is 0 Å². The Labute approximate surface area is 196 Å². The van der Waals surface area contributed by atoms with Crippen LogP contribution in [0.2, 0.25) is 0 Å². The molecule has 2 amide bonds. The fourth-order valence-corrected chi connectivity index (χ4v) is 3.80. The smallest absolute Gasteiger partial charge is 0.251 e. The normalized spacial score (nSPS) is 11.6. The number of carbonyl (C=O) groups is 2. The lowest BCUT2D eigenvalue weighted by Gasteiger charge is -2.16. The zero-order valence-electron chi connectivity index (χ0n) is 18.7. The minimum Gasteiger partial charge on any atom is -0.497 e. The van der Waals surface area contributed by atoms with Crippen molar-refractivity contribution in [3.8, 4) is 5.75 Å². The second-order valence-corrected chi connectivity index (χ2v) is 8.17. The lowest BCUT2D eigenvalue weighted by molar-refractivity contribution is -0.113. The third kappa shape index (κ3) is 6.33. The van der Waals surface area contributed by atoms with E-state index in [4.69, 9.17) is 4.74 Å². The van der Waals surface area contributed by atoms with Crippen molar-refractivity contribution in [1.82, 2.24) is 20.1 Å². The van der Waals surface area contributed by atoms with Gasteiger partial charge in [0.25, 0.3) is 5.91 Å². The molecule has 0 radical (unpaired) electrons.